The van der Waals surface area contributed by atoms with E-state index in [-0.39, 0.29) is 6.04 Å². The molecular formula is C22H20N4S. The van der Waals surface area contributed by atoms with E-state index in [0.29, 0.717) is 0 Å². The van der Waals surface area contributed by atoms with Crippen LogP contribution in [-0.2, 0) is 0 Å². The zero-order valence-electron chi connectivity index (χ0n) is 15.3. The zero-order chi connectivity index (χ0) is 18.6. The Balaban J connectivity index is 1.64. The Labute approximate surface area is 163 Å². The van der Waals surface area contributed by atoms with Crippen LogP contribution in [0.25, 0.3) is 21.7 Å². The highest BCUT2D eigenvalue weighted by Crippen LogP contribution is 2.28. The number of pyridine rings is 1. The summed E-state index contributed by atoms with van der Waals surface area (Å²) in [7, 11) is 0. The lowest BCUT2D eigenvalue weighted by atomic mass is 10.1. The lowest BCUT2D eigenvalue weighted by Crippen LogP contribution is -2.09. The molecule has 4 nitrogen and oxygen atoms in total. The number of thiophene rings is 1. The minimum atomic E-state index is 0.156. The van der Waals surface area contributed by atoms with Crippen LogP contribution >= 0.6 is 11.3 Å². The molecule has 3 heterocycles. The van der Waals surface area contributed by atoms with Gasteiger partial charge in [-0.1, -0.05) is 36.4 Å². The Morgan fingerprint density at radius 3 is 2.52 bits per heavy atom. The Morgan fingerprint density at radius 1 is 0.926 bits per heavy atom. The number of hydrogen-bond acceptors (Lipinski definition) is 5. The standard InChI is InChI=1S/C22H20N4S/c1-15(17-7-4-3-5-8-17)24-22-12-20(25-16(2)26-22)18-11-19(14-23-13-18)21-9-6-10-27-21/h3-15H,1-2H3,(H,24,25,26). The third kappa shape index (κ3) is 4.04. The number of nitrogens with zero attached hydrogens (tertiary/aromatic N) is 3. The smallest absolute Gasteiger partial charge is 0.130 e. The van der Waals surface area contributed by atoms with Crippen molar-refractivity contribution in [2.45, 2.75) is 19.9 Å². The number of rotatable bonds is 5. The van der Waals surface area contributed by atoms with Gasteiger partial charge in [-0.05, 0) is 36.9 Å². The van der Waals surface area contributed by atoms with Gasteiger partial charge in [-0.3, -0.25) is 4.98 Å². The van der Waals surface area contributed by atoms with E-state index in [9.17, 15) is 0 Å². The van der Waals surface area contributed by atoms with Crippen molar-refractivity contribution in [2.75, 3.05) is 5.32 Å². The topological polar surface area (TPSA) is 50.7 Å². The molecule has 1 unspecified atom stereocenters. The van der Waals surface area contributed by atoms with Crippen molar-refractivity contribution in [2.24, 2.45) is 0 Å². The molecule has 0 bridgehead atoms. The van der Waals surface area contributed by atoms with Crippen LogP contribution in [0.15, 0.2) is 72.4 Å². The van der Waals surface area contributed by atoms with Crippen LogP contribution in [0.3, 0.4) is 0 Å². The number of nitrogens with one attached hydrogen (secondary N) is 1. The molecule has 134 valence electrons. The third-order valence-corrected chi connectivity index (χ3v) is 5.26. The number of anilines is 1. The van der Waals surface area contributed by atoms with Gasteiger partial charge in [0.15, 0.2) is 0 Å². The first-order valence-electron chi connectivity index (χ1n) is 8.85. The van der Waals surface area contributed by atoms with Crippen LogP contribution in [0.2, 0.25) is 0 Å². The normalized spacial score (nSPS) is 11.9. The summed E-state index contributed by atoms with van der Waals surface area (Å²) in [6.07, 6.45) is 3.74. The lowest BCUT2D eigenvalue weighted by Gasteiger charge is -2.16. The molecule has 0 radical (unpaired) electrons. The summed E-state index contributed by atoms with van der Waals surface area (Å²) in [4.78, 5) is 14.8. The second-order valence-electron chi connectivity index (χ2n) is 6.40. The Kier molecular flexibility index (Phi) is 4.94. The van der Waals surface area contributed by atoms with E-state index in [4.69, 9.17) is 0 Å². The van der Waals surface area contributed by atoms with Crippen LogP contribution in [0.5, 0.6) is 0 Å². The fraction of sp³-hybridized carbons (Fsp3) is 0.136. The van der Waals surface area contributed by atoms with E-state index in [2.05, 4.69) is 62.9 Å². The first kappa shape index (κ1) is 17.4. The first-order chi connectivity index (χ1) is 13.2. The molecule has 1 N–H and O–H groups in total. The first-order valence-corrected chi connectivity index (χ1v) is 9.73. The molecule has 4 aromatic rings. The molecular weight excluding hydrogens is 352 g/mol. The summed E-state index contributed by atoms with van der Waals surface area (Å²) in [6, 6.07) is 18.8. The van der Waals surface area contributed by atoms with Crippen LogP contribution in [0, 0.1) is 6.92 Å². The zero-order valence-corrected chi connectivity index (χ0v) is 16.1. The largest absolute Gasteiger partial charge is 0.363 e. The van der Waals surface area contributed by atoms with Crippen molar-refractivity contribution in [1.82, 2.24) is 15.0 Å². The number of hydrogen-bond donors (Lipinski definition) is 1. The van der Waals surface area contributed by atoms with E-state index in [0.717, 1.165) is 28.5 Å². The Morgan fingerprint density at radius 2 is 1.74 bits per heavy atom. The molecule has 27 heavy (non-hydrogen) atoms. The summed E-state index contributed by atoms with van der Waals surface area (Å²) in [5.74, 6) is 1.55. The predicted molar refractivity (Wildman–Crippen MR) is 112 cm³/mol. The second kappa shape index (κ2) is 7.68. The van der Waals surface area contributed by atoms with E-state index in [1.807, 2.05) is 43.6 Å². The predicted octanol–water partition coefficient (Wildman–Crippen LogP) is 5.75. The summed E-state index contributed by atoms with van der Waals surface area (Å²) in [5.41, 5.74) is 4.18. The van der Waals surface area contributed by atoms with Gasteiger partial charge in [-0.15, -0.1) is 11.3 Å². The van der Waals surface area contributed by atoms with Gasteiger partial charge in [0.05, 0.1) is 5.69 Å². The fourth-order valence-electron chi connectivity index (χ4n) is 2.99. The van der Waals surface area contributed by atoms with Gasteiger partial charge in [0, 0.05) is 40.5 Å². The van der Waals surface area contributed by atoms with Crippen molar-refractivity contribution in [3.05, 3.63) is 83.8 Å². The Bertz CT molecular complexity index is 1030. The molecule has 0 aliphatic rings. The second-order valence-corrected chi connectivity index (χ2v) is 7.35. The van der Waals surface area contributed by atoms with E-state index in [1.54, 1.807) is 11.3 Å². The minimum absolute atomic E-state index is 0.156. The molecule has 0 aliphatic carbocycles. The molecule has 0 amide bonds. The minimum Gasteiger partial charge on any atom is -0.363 e. The summed E-state index contributed by atoms with van der Waals surface area (Å²) in [6.45, 7) is 4.05. The van der Waals surface area contributed by atoms with E-state index < -0.39 is 0 Å². The molecule has 0 saturated heterocycles. The van der Waals surface area contributed by atoms with Gasteiger partial charge in [-0.2, -0.15) is 0 Å². The molecule has 0 aliphatic heterocycles. The highest BCUT2D eigenvalue weighted by Gasteiger charge is 2.10. The maximum atomic E-state index is 4.62. The Hall–Kier alpha value is -3.05. The van der Waals surface area contributed by atoms with Crippen molar-refractivity contribution >= 4 is 17.2 Å². The van der Waals surface area contributed by atoms with Gasteiger partial charge in [0.1, 0.15) is 11.6 Å². The van der Waals surface area contributed by atoms with Crippen LogP contribution in [-0.4, -0.2) is 15.0 Å². The maximum Gasteiger partial charge on any atom is 0.130 e. The van der Waals surface area contributed by atoms with Crippen molar-refractivity contribution in [1.29, 1.82) is 0 Å². The SMILES string of the molecule is Cc1nc(NC(C)c2ccccc2)cc(-c2cncc(-c3cccs3)c2)n1. The molecule has 0 spiro atoms. The molecule has 5 heteroatoms. The lowest BCUT2D eigenvalue weighted by molar-refractivity contribution is 0.867. The third-order valence-electron chi connectivity index (χ3n) is 4.34. The van der Waals surface area contributed by atoms with Gasteiger partial charge in [-0.25, -0.2) is 9.97 Å². The summed E-state index contributed by atoms with van der Waals surface area (Å²) < 4.78 is 0. The number of aryl methyl sites for hydroxylation is 1. The highest BCUT2D eigenvalue weighted by atomic mass is 32.1. The van der Waals surface area contributed by atoms with Crippen LogP contribution in [0.4, 0.5) is 5.82 Å². The van der Waals surface area contributed by atoms with Gasteiger partial charge < -0.3 is 5.32 Å². The average molecular weight is 372 g/mol. The molecule has 1 aromatic carbocycles. The molecule has 0 saturated carbocycles. The van der Waals surface area contributed by atoms with Gasteiger partial charge in [0.2, 0.25) is 0 Å². The fourth-order valence-corrected chi connectivity index (χ4v) is 3.70. The number of benzene rings is 1. The van der Waals surface area contributed by atoms with Crippen LogP contribution in [0.1, 0.15) is 24.4 Å². The van der Waals surface area contributed by atoms with Crippen LogP contribution < -0.4 is 5.32 Å². The average Bonchev–Trinajstić information content (AvgIpc) is 3.23. The molecule has 4 rings (SSSR count). The molecule has 1 atom stereocenters. The van der Waals surface area contributed by atoms with Crippen molar-refractivity contribution in [3.63, 3.8) is 0 Å². The van der Waals surface area contributed by atoms with Gasteiger partial charge >= 0.3 is 0 Å². The molecule has 3 aromatic heterocycles. The van der Waals surface area contributed by atoms with E-state index in [1.165, 1.54) is 10.4 Å². The highest BCUT2D eigenvalue weighted by molar-refractivity contribution is 7.13. The van der Waals surface area contributed by atoms with E-state index >= 15 is 0 Å². The summed E-state index contributed by atoms with van der Waals surface area (Å²) in [5, 5.41) is 5.56. The monoisotopic (exact) mass is 372 g/mol. The van der Waals surface area contributed by atoms with Crippen molar-refractivity contribution < 1.29 is 0 Å². The van der Waals surface area contributed by atoms with Gasteiger partial charge in [0.25, 0.3) is 0 Å². The molecule has 0 fully saturated rings. The quantitative estimate of drug-likeness (QED) is 0.485. The maximum absolute atomic E-state index is 4.62. The number of aromatic nitrogens is 3. The summed E-state index contributed by atoms with van der Waals surface area (Å²) >= 11 is 1.71. The van der Waals surface area contributed by atoms with Crippen molar-refractivity contribution in [3.8, 4) is 21.7 Å².